The number of hydrogen-bond donors (Lipinski definition) is 2. The molecule has 1 aliphatic rings. The number of likely N-dealkylation sites (tertiary alicyclic amines) is 1. The van der Waals surface area contributed by atoms with Gasteiger partial charge in [-0.3, -0.25) is 9.89 Å². The van der Waals surface area contributed by atoms with Gasteiger partial charge >= 0.3 is 0 Å². The zero-order chi connectivity index (χ0) is 17.4. The number of aliphatic imine (C=N–C) groups is 1. The van der Waals surface area contributed by atoms with E-state index in [1.165, 1.54) is 19.4 Å². The first-order valence-corrected chi connectivity index (χ1v) is 8.66. The number of nitrogens with one attached hydrogen (secondary N) is 1. The molecular formula is C18H30N4O2. The van der Waals surface area contributed by atoms with Crippen LogP contribution in [0.1, 0.15) is 25.3 Å². The van der Waals surface area contributed by atoms with Gasteiger partial charge in [0.15, 0.2) is 5.96 Å². The second-order valence-corrected chi connectivity index (χ2v) is 6.01. The van der Waals surface area contributed by atoms with Crippen LogP contribution in [0, 0.1) is 0 Å². The molecule has 1 atom stereocenters. The van der Waals surface area contributed by atoms with Crippen LogP contribution in [0.5, 0.6) is 11.5 Å². The molecule has 1 unspecified atom stereocenters. The van der Waals surface area contributed by atoms with Gasteiger partial charge < -0.3 is 20.5 Å². The highest BCUT2D eigenvalue weighted by Crippen LogP contribution is 2.24. The lowest BCUT2D eigenvalue weighted by Crippen LogP contribution is -2.36. The first-order chi connectivity index (χ1) is 11.7. The van der Waals surface area contributed by atoms with E-state index in [-0.39, 0.29) is 0 Å². The van der Waals surface area contributed by atoms with E-state index in [4.69, 9.17) is 15.2 Å². The SMILES string of the molecule is CCN1CCCC1CN=C(N)NCCc1cc(OC)ccc1OC. The van der Waals surface area contributed by atoms with Crippen LogP contribution in [-0.2, 0) is 6.42 Å². The van der Waals surface area contributed by atoms with Crippen molar-refractivity contribution in [3.63, 3.8) is 0 Å². The Morgan fingerprint density at radius 2 is 2.21 bits per heavy atom. The molecule has 0 radical (unpaired) electrons. The maximum Gasteiger partial charge on any atom is 0.188 e. The largest absolute Gasteiger partial charge is 0.497 e. The molecule has 1 aromatic carbocycles. The predicted octanol–water partition coefficient (Wildman–Crippen LogP) is 1.63. The fraction of sp³-hybridized carbons (Fsp3) is 0.611. The summed E-state index contributed by atoms with van der Waals surface area (Å²) >= 11 is 0. The van der Waals surface area contributed by atoms with Crippen LogP contribution in [0.2, 0.25) is 0 Å². The van der Waals surface area contributed by atoms with Crippen molar-refractivity contribution in [2.45, 2.75) is 32.2 Å². The number of rotatable bonds is 8. The average molecular weight is 334 g/mol. The number of methoxy groups -OCH3 is 2. The van der Waals surface area contributed by atoms with E-state index >= 15 is 0 Å². The van der Waals surface area contributed by atoms with E-state index in [9.17, 15) is 0 Å². The molecule has 1 heterocycles. The summed E-state index contributed by atoms with van der Waals surface area (Å²) in [5.41, 5.74) is 7.08. The molecule has 0 bridgehead atoms. The van der Waals surface area contributed by atoms with Gasteiger partial charge in [0, 0.05) is 12.6 Å². The molecule has 6 heteroatoms. The van der Waals surface area contributed by atoms with Crippen molar-refractivity contribution in [3.8, 4) is 11.5 Å². The molecule has 1 fully saturated rings. The van der Waals surface area contributed by atoms with Crippen LogP contribution in [0.4, 0.5) is 0 Å². The summed E-state index contributed by atoms with van der Waals surface area (Å²) in [4.78, 5) is 6.97. The van der Waals surface area contributed by atoms with Crippen molar-refractivity contribution < 1.29 is 9.47 Å². The molecule has 0 aliphatic carbocycles. The summed E-state index contributed by atoms with van der Waals surface area (Å²) < 4.78 is 10.7. The van der Waals surface area contributed by atoms with Crippen LogP contribution < -0.4 is 20.5 Å². The summed E-state index contributed by atoms with van der Waals surface area (Å²) in [5.74, 6) is 2.20. The first kappa shape index (κ1) is 18.4. The summed E-state index contributed by atoms with van der Waals surface area (Å²) in [6.45, 7) is 5.95. The second-order valence-electron chi connectivity index (χ2n) is 6.01. The lowest BCUT2D eigenvalue weighted by Gasteiger charge is -2.21. The number of likely N-dealkylation sites (N-methyl/N-ethyl adjacent to an activating group) is 1. The summed E-state index contributed by atoms with van der Waals surface area (Å²) in [7, 11) is 3.34. The van der Waals surface area contributed by atoms with Gasteiger partial charge in [-0.25, -0.2) is 0 Å². The number of hydrogen-bond acceptors (Lipinski definition) is 4. The Kier molecular flexibility index (Phi) is 7.18. The topological polar surface area (TPSA) is 72.1 Å². The zero-order valence-electron chi connectivity index (χ0n) is 15.0. The normalized spacial score (nSPS) is 18.6. The van der Waals surface area contributed by atoms with Crippen molar-refractivity contribution in [1.82, 2.24) is 10.2 Å². The maximum absolute atomic E-state index is 5.99. The minimum absolute atomic E-state index is 0.514. The molecule has 1 aliphatic heterocycles. The fourth-order valence-corrected chi connectivity index (χ4v) is 3.18. The summed E-state index contributed by atoms with van der Waals surface area (Å²) in [6, 6.07) is 6.34. The van der Waals surface area contributed by atoms with Crippen LogP contribution in [0.3, 0.4) is 0 Å². The van der Waals surface area contributed by atoms with E-state index in [2.05, 4.69) is 22.1 Å². The maximum atomic E-state index is 5.99. The number of nitrogens with zero attached hydrogens (tertiary/aromatic N) is 2. The zero-order valence-corrected chi connectivity index (χ0v) is 15.0. The lowest BCUT2D eigenvalue weighted by atomic mass is 10.1. The molecule has 24 heavy (non-hydrogen) atoms. The molecule has 134 valence electrons. The second kappa shape index (κ2) is 9.37. The van der Waals surface area contributed by atoms with E-state index in [1.807, 2.05) is 18.2 Å². The molecule has 1 saturated heterocycles. The first-order valence-electron chi connectivity index (χ1n) is 8.66. The molecule has 0 aromatic heterocycles. The number of benzene rings is 1. The minimum Gasteiger partial charge on any atom is -0.497 e. The monoisotopic (exact) mass is 334 g/mol. The number of guanidine groups is 1. The standard InChI is InChI=1S/C18H30N4O2/c1-4-22-11-5-6-15(22)13-21-18(19)20-10-9-14-12-16(23-2)7-8-17(14)24-3/h7-8,12,15H,4-6,9-11,13H2,1-3H3,(H3,19,20,21). The van der Waals surface area contributed by atoms with Crippen molar-refractivity contribution >= 4 is 5.96 Å². The van der Waals surface area contributed by atoms with E-state index < -0.39 is 0 Å². The quantitative estimate of drug-likeness (QED) is 0.558. The Morgan fingerprint density at radius 3 is 2.92 bits per heavy atom. The molecule has 3 N–H and O–H groups in total. The van der Waals surface area contributed by atoms with Crippen LogP contribution in [0.25, 0.3) is 0 Å². The van der Waals surface area contributed by atoms with Crippen molar-refractivity contribution in [1.29, 1.82) is 0 Å². The predicted molar refractivity (Wildman–Crippen MR) is 98.0 cm³/mol. The van der Waals surface area contributed by atoms with Gasteiger partial charge in [-0.05, 0) is 56.1 Å². The molecule has 6 nitrogen and oxygen atoms in total. The molecule has 0 saturated carbocycles. The lowest BCUT2D eigenvalue weighted by molar-refractivity contribution is 0.273. The van der Waals surface area contributed by atoms with Crippen molar-refractivity contribution in [2.24, 2.45) is 10.7 Å². The highest BCUT2D eigenvalue weighted by atomic mass is 16.5. The molecule has 0 amide bonds. The van der Waals surface area contributed by atoms with E-state index in [0.29, 0.717) is 18.5 Å². The molecule has 1 aromatic rings. The Balaban J connectivity index is 1.81. The Bertz CT molecular complexity index is 548. The third kappa shape index (κ3) is 5.03. The van der Waals surface area contributed by atoms with Crippen LogP contribution in [0.15, 0.2) is 23.2 Å². The molecule has 0 spiro atoms. The number of nitrogens with two attached hydrogens (primary N) is 1. The third-order valence-electron chi connectivity index (χ3n) is 4.57. The Morgan fingerprint density at radius 1 is 1.38 bits per heavy atom. The smallest absolute Gasteiger partial charge is 0.188 e. The van der Waals surface area contributed by atoms with Crippen molar-refractivity contribution in [2.75, 3.05) is 40.4 Å². The van der Waals surface area contributed by atoms with Gasteiger partial charge in [-0.1, -0.05) is 6.92 Å². The highest BCUT2D eigenvalue weighted by molar-refractivity contribution is 5.77. The summed E-state index contributed by atoms with van der Waals surface area (Å²) in [5, 5.41) is 3.19. The van der Waals surface area contributed by atoms with E-state index in [1.54, 1.807) is 14.2 Å². The van der Waals surface area contributed by atoms with Gasteiger partial charge in [0.25, 0.3) is 0 Å². The number of ether oxygens (including phenoxy) is 2. The fourth-order valence-electron chi connectivity index (χ4n) is 3.18. The van der Waals surface area contributed by atoms with E-state index in [0.717, 1.165) is 36.6 Å². The van der Waals surface area contributed by atoms with Crippen LogP contribution >= 0.6 is 0 Å². The third-order valence-corrected chi connectivity index (χ3v) is 4.57. The van der Waals surface area contributed by atoms with Gasteiger partial charge in [0.05, 0.1) is 20.8 Å². The average Bonchev–Trinajstić information content (AvgIpc) is 3.07. The minimum atomic E-state index is 0.514. The molecular weight excluding hydrogens is 304 g/mol. The van der Waals surface area contributed by atoms with Gasteiger partial charge in [0.2, 0.25) is 0 Å². The van der Waals surface area contributed by atoms with Gasteiger partial charge in [-0.2, -0.15) is 0 Å². The summed E-state index contributed by atoms with van der Waals surface area (Å²) in [6.07, 6.45) is 3.27. The Hall–Kier alpha value is -1.95. The highest BCUT2D eigenvalue weighted by Gasteiger charge is 2.22. The van der Waals surface area contributed by atoms with Gasteiger partial charge in [0.1, 0.15) is 11.5 Å². The van der Waals surface area contributed by atoms with Crippen LogP contribution in [-0.4, -0.2) is 57.3 Å². The van der Waals surface area contributed by atoms with Gasteiger partial charge in [-0.15, -0.1) is 0 Å². The van der Waals surface area contributed by atoms with Crippen molar-refractivity contribution in [3.05, 3.63) is 23.8 Å². The molecule has 2 rings (SSSR count). The Labute approximate surface area is 145 Å².